The smallest absolute Gasteiger partial charge is 0.112 e. The maximum atomic E-state index is 13.6. The number of hydrogen-bond acceptors (Lipinski definition) is 2. The third-order valence-corrected chi connectivity index (χ3v) is 6.67. The first-order valence-electron chi connectivity index (χ1n) is 10.6. The molecule has 0 saturated heterocycles. The zero-order chi connectivity index (χ0) is 20.0. The van der Waals surface area contributed by atoms with Crippen molar-refractivity contribution in [1.29, 1.82) is 5.26 Å². The second-order valence-corrected chi connectivity index (χ2v) is 8.44. The Labute approximate surface area is 169 Å². The highest BCUT2D eigenvalue weighted by molar-refractivity contribution is 5.93. The molecule has 3 aliphatic rings. The van der Waals surface area contributed by atoms with Crippen LogP contribution in [0.1, 0.15) is 60.9 Å². The maximum absolute atomic E-state index is 13.6. The quantitative estimate of drug-likeness (QED) is 0.636. The number of nitrogens with zero attached hydrogens (tertiary/aromatic N) is 3. The van der Waals surface area contributed by atoms with Crippen LogP contribution in [-0.2, 0) is 0 Å². The molecule has 5 rings (SSSR count). The van der Waals surface area contributed by atoms with Crippen LogP contribution in [0.4, 0.5) is 8.78 Å². The molecule has 0 spiro atoms. The Kier molecular flexibility index (Phi) is 4.66. The van der Waals surface area contributed by atoms with E-state index in [1.54, 1.807) is 4.90 Å². The van der Waals surface area contributed by atoms with Gasteiger partial charge in [0.05, 0.1) is 28.5 Å². The molecule has 3 nitrogen and oxygen atoms in total. The molecule has 2 aliphatic carbocycles. The van der Waals surface area contributed by atoms with Crippen LogP contribution in [-0.4, -0.2) is 35.4 Å². The van der Waals surface area contributed by atoms with Crippen molar-refractivity contribution in [3.8, 4) is 6.07 Å². The zero-order valence-electron chi connectivity index (χ0n) is 16.5. The van der Waals surface area contributed by atoms with E-state index in [1.165, 1.54) is 24.8 Å². The lowest BCUT2D eigenvalue weighted by molar-refractivity contribution is 0.210. The van der Waals surface area contributed by atoms with Crippen LogP contribution in [0.5, 0.6) is 0 Å². The summed E-state index contributed by atoms with van der Waals surface area (Å²) >= 11 is 0. The summed E-state index contributed by atoms with van der Waals surface area (Å²) in [5.74, 6) is 0.633. The minimum Gasteiger partial charge on any atom is -0.358 e. The number of nitriles is 1. The van der Waals surface area contributed by atoms with Gasteiger partial charge in [-0.15, -0.1) is 0 Å². The first-order chi connectivity index (χ1) is 14.3. The Morgan fingerprint density at radius 2 is 1.93 bits per heavy atom. The normalized spacial score (nSPS) is 19.5. The Bertz CT molecular complexity index is 1030. The first kappa shape index (κ1) is 18.4. The van der Waals surface area contributed by atoms with Gasteiger partial charge in [0, 0.05) is 18.0 Å². The van der Waals surface area contributed by atoms with E-state index < -0.39 is 19.4 Å². The van der Waals surface area contributed by atoms with E-state index in [9.17, 15) is 14.0 Å². The van der Waals surface area contributed by atoms with Crippen LogP contribution >= 0.6 is 0 Å². The van der Waals surface area contributed by atoms with Crippen molar-refractivity contribution in [2.75, 3.05) is 19.9 Å². The van der Waals surface area contributed by atoms with Gasteiger partial charge in [-0.25, -0.2) is 8.78 Å². The van der Waals surface area contributed by atoms with Crippen molar-refractivity contribution < 1.29 is 8.78 Å². The van der Waals surface area contributed by atoms with Crippen molar-refractivity contribution in [1.82, 2.24) is 9.47 Å². The number of alkyl halides is 2. The highest BCUT2D eigenvalue weighted by Crippen LogP contribution is 2.45. The fraction of sp³-hybridized carbons (Fsp3) is 0.458. The second kappa shape index (κ2) is 7.33. The molecule has 0 radical (unpaired) electrons. The molecular formula is C24H25F2N3. The number of fused-ring (bicyclic) bond motifs is 1. The average Bonchev–Trinajstić information content (AvgIpc) is 3.52. The summed E-state index contributed by atoms with van der Waals surface area (Å²) in [6.45, 7) is -1.05. The average molecular weight is 393 g/mol. The summed E-state index contributed by atoms with van der Waals surface area (Å²) in [6.07, 6.45) is 11.5. The fourth-order valence-corrected chi connectivity index (χ4v) is 4.68. The Morgan fingerprint density at radius 1 is 1.14 bits per heavy atom. The van der Waals surface area contributed by atoms with Gasteiger partial charge in [0.1, 0.15) is 19.4 Å². The minimum atomic E-state index is -0.826. The van der Waals surface area contributed by atoms with Crippen molar-refractivity contribution in [2.45, 2.75) is 50.1 Å². The van der Waals surface area contributed by atoms with Gasteiger partial charge in [0.15, 0.2) is 0 Å². The molecule has 0 atom stereocenters. The molecular weight excluding hydrogens is 368 g/mol. The zero-order valence-corrected chi connectivity index (χ0v) is 16.5. The Hall–Kier alpha value is -2.61. The summed E-state index contributed by atoms with van der Waals surface area (Å²) in [6, 6.07) is 8.41. The van der Waals surface area contributed by atoms with Crippen molar-refractivity contribution >= 4 is 16.6 Å². The third-order valence-electron chi connectivity index (χ3n) is 6.67. The van der Waals surface area contributed by atoms with Gasteiger partial charge in [-0.2, -0.15) is 5.26 Å². The van der Waals surface area contributed by atoms with Gasteiger partial charge < -0.3 is 9.47 Å². The number of aromatic nitrogens is 1. The third kappa shape index (κ3) is 2.97. The molecule has 0 unspecified atom stereocenters. The van der Waals surface area contributed by atoms with E-state index in [1.807, 2.05) is 18.2 Å². The molecule has 2 heterocycles. The van der Waals surface area contributed by atoms with Crippen LogP contribution < -0.4 is 0 Å². The highest BCUT2D eigenvalue weighted by Gasteiger charge is 2.33. The molecule has 2 aromatic rings. The van der Waals surface area contributed by atoms with Crippen LogP contribution in [0.2, 0.25) is 0 Å². The van der Waals surface area contributed by atoms with E-state index in [0.717, 1.165) is 35.1 Å². The standard InChI is InChI=1S/C24H25F2N3/c25-13-19(14-26)28-11-2-1-6-22(28)24-21(15-27)20-10-9-17(16-7-8-16)12-23(20)29(24)18-4-3-5-18/h1-2,6,9-10,12,16,18-19H,3-5,7-8,11,13-14H2. The van der Waals surface area contributed by atoms with Crippen LogP contribution in [0.3, 0.4) is 0 Å². The molecule has 2 fully saturated rings. The van der Waals surface area contributed by atoms with E-state index in [-0.39, 0.29) is 0 Å². The predicted octanol–water partition coefficient (Wildman–Crippen LogP) is 5.64. The molecule has 29 heavy (non-hydrogen) atoms. The highest BCUT2D eigenvalue weighted by atomic mass is 19.1. The summed E-state index contributed by atoms with van der Waals surface area (Å²) in [5, 5.41) is 11.0. The number of hydrogen-bond donors (Lipinski definition) is 0. The molecule has 0 N–H and O–H groups in total. The van der Waals surface area contributed by atoms with E-state index in [0.29, 0.717) is 24.1 Å². The first-order valence-corrected chi connectivity index (χ1v) is 10.6. The fourth-order valence-electron chi connectivity index (χ4n) is 4.68. The number of allylic oxidation sites excluding steroid dienone is 2. The molecule has 0 bridgehead atoms. The summed E-state index contributed by atoms with van der Waals surface area (Å²) in [5.41, 5.74) is 4.65. The van der Waals surface area contributed by atoms with Gasteiger partial charge in [0.25, 0.3) is 0 Å². The molecule has 5 heteroatoms. The van der Waals surface area contributed by atoms with Crippen LogP contribution in [0, 0.1) is 11.3 Å². The van der Waals surface area contributed by atoms with E-state index in [2.05, 4.69) is 28.8 Å². The molecule has 1 aromatic carbocycles. The largest absolute Gasteiger partial charge is 0.358 e. The van der Waals surface area contributed by atoms with E-state index >= 15 is 0 Å². The van der Waals surface area contributed by atoms with Crippen molar-refractivity contribution in [3.63, 3.8) is 0 Å². The maximum Gasteiger partial charge on any atom is 0.112 e. The van der Waals surface area contributed by atoms with Gasteiger partial charge in [-0.1, -0.05) is 24.3 Å². The van der Waals surface area contributed by atoms with Crippen molar-refractivity contribution in [2.24, 2.45) is 0 Å². The predicted molar refractivity (Wildman–Crippen MR) is 111 cm³/mol. The lowest BCUT2D eigenvalue weighted by Gasteiger charge is -2.36. The molecule has 2 saturated carbocycles. The topological polar surface area (TPSA) is 32.0 Å². The summed E-state index contributed by atoms with van der Waals surface area (Å²) < 4.78 is 29.5. The van der Waals surface area contributed by atoms with Gasteiger partial charge in [0.2, 0.25) is 0 Å². The molecule has 150 valence electrons. The van der Waals surface area contributed by atoms with Gasteiger partial charge in [-0.3, -0.25) is 0 Å². The van der Waals surface area contributed by atoms with Gasteiger partial charge >= 0.3 is 0 Å². The second-order valence-electron chi connectivity index (χ2n) is 8.44. The lowest BCUT2D eigenvalue weighted by atomic mass is 9.92. The van der Waals surface area contributed by atoms with Crippen molar-refractivity contribution in [3.05, 3.63) is 53.2 Å². The van der Waals surface area contributed by atoms with E-state index in [4.69, 9.17) is 0 Å². The number of benzene rings is 1. The van der Waals surface area contributed by atoms with Crippen LogP contribution in [0.15, 0.2) is 36.4 Å². The molecule has 0 amide bonds. The lowest BCUT2D eigenvalue weighted by Crippen LogP contribution is -2.39. The number of halogens is 2. The number of rotatable bonds is 6. The SMILES string of the molecule is N#Cc1c(C2=CC=CCN2C(CF)CF)n(C2CCC2)c2cc(C3CC3)ccc12. The minimum absolute atomic E-state index is 0.340. The van der Waals surface area contributed by atoms with Gasteiger partial charge in [-0.05, 0) is 55.7 Å². The Balaban J connectivity index is 1.74. The summed E-state index contributed by atoms with van der Waals surface area (Å²) in [4.78, 5) is 1.78. The molecule has 1 aromatic heterocycles. The Morgan fingerprint density at radius 3 is 2.55 bits per heavy atom. The monoisotopic (exact) mass is 393 g/mol. The van der Waals surface area contributed by atoms with Crippen LogP contribution in [0.25, 0.3) is 16.6 Å². The molecule has 1 aliphatic heterocycles. The summed E-state index contributed by atoms with van der Waals surface area (Å²) in [7, 11) is 0.